The highest BCUT2D eigenvalue weighted by Gasteiger charge is 2.23. The Morgan fingerprint density at radius 2 is 1.49 bits per heavy atom. The minimum Gasteiger partial charge on any atom is -0.497 e. The Balaban J connectivity index is 1.27. The largest absolute Gasteiger partial charge is 0.497 e. The molecular weight excluding hydrogens is 466 g/mol. The third-order valence-corrected chi connectivity index (χ3v) is 6.77. The number of carbonyl (C=O) groups is 1. The van der Waals surface area contributed by atoms with Gasteiger partial charge < -0.3 is 24.6 Å². The van der Waals surface area contributed by atoms with Gasteiger partial charge in [0.15, 0.2) is 11.5 Å². The molecule has 0 spiro atoms. The van der Waals surface area contributed by atoms with Gasteiger partial charge in [-0.05, 0) is 42.3 Å². The van der Waals surface area contributed by atoms with Crippen molar-refractivity contribution >= 4 is 28.2 Å². The molecule has 2 heterocycles. The number of nitrogens with one attached hydrogen (secondary N) is 1. The molecule has 1 aliphatic rings. The molecule has 0 aliphatic carbocycles. The number of anilines is 2. The molecule has 5 rings (SSSR count). The quantitative estimate of drug-likeness (QED) is 0.395. The van der Waals surface area contributed by atoms with Crippen molar-refractivity contribution in [3.8, 4) is 11.5 Å². The Labute approximate surface area is 216 Å². The van der Waals surface area contributed by atoms with Crippen molar-refractivity contribution in [1.82, 2.24) is 15.5 Å². The van der Waals surface area contributed by atoms with E-state index in [4.69, 9.17) is 9.47 Å². The fourth-order valence-corrected chi connectivity index (χ4v) is 4.76. The highest BCUT2D eigenvalue weighted by molar-refractivity contribution is 6.07. The molecule has 0 saturated carbocycles. The van der Waals surface area contributed by atoms with E-state index in [0.717, 1.165) is 59.8 Å². The second kappa shape index (κ2) is 11.2. The van der Waals surface area contributed by atoms with Gasteiger partial charge in [-0.25, -0.2) is 0 Å². The van der Waals surface area contributed by atoms with Crippen molar-refractivity contribution < 1.29 is 14.3 Å². The monoisotopic (exact) mass is 497 g/mol. The molecule has 1 aliphatic heterocycles. The van der Waals surface area contributed by atoms with Crippen LogP contribution in [-0.2, 0) is 6.42 Å². The Kier molecular flexibility index (Phi) is 7.35. The summed E-state index contributed by atoms with van der Waals surface area (Å²) in [5, 5.41) is 13.6. The Hall–Kier alpha value is -4.33. The van der Waals surface area contributed by atoms with Gasteiger partial charge in [-0.3, -0.25) is 4.79 Å². The van der Waals surface area contributed by atoms with Crippen molar-refractivity contribution in [2.45, 2.75) is 6.42 Å². The van der Waals surface area contributed by atoms with Crippen molar-refractivity contribution in [1.29, 1.82) is 0 Å². The first kappa shape index (κ1) is 24.4. The number of methoxy groups -OCH3 is 2. The van der Waals surface area contributed by atoms with Gasteiger partial charge in [0.1, 0.15) is 11.5 Å². The van der Waals surface area contributed by atoms with E-state index in [0.29, 0.717) is 18.7 Å². The Morgan fingerprint density at radius 1 is 0.811 bits per heavy atom. The zero-order valence-corrected chi connectivity index (χ0v) is 21.2. The number of aromatic nitrogens is 2. The van der Waals surface area contributed by atoms with E-state index in [1.807, 2.05) is 60.7 Å². The fraction of sp³-hybridized carbons (Fsp3) is 0.276. The molecule has 8 heteroatoms. The number of benzene rings is 3. The van der Waals surface area contributed by atoms with E-state index in [9.17, 15) is 4.79 Å². The average Bonchev–Trinajstić information content (AvgIpc) is 2.97. The summed E-state index contributed by atoms with van der Waals surface area (Å²) < 4.78 is 10.7. The standard InChI is InChI=1S/C29H31N5O3/c1-36-23-13-11-22(12-14-23)33-17-19-34(20-18-33)28-25-9-5-4-8-24(25)27(31-32-28)29(35)30-16-15-21-7-3-6-10-26(21)37-2/h3-14H,15-20H2,1-2H3,(H,30,35). The van der Waals surface area contributed by atoms with E-state index < -0.39 is 0 Å². The molecule has 3 aromatic carbocycles. The zero-order valence-electron chi connectivity index (χ0n) is 21.2. The molecule has 4 aromatic rings. The van der Waals surface area contributed by atoms with Gasteiger partial charge in [-0.2, -0.15) is 0 Å². The number of amides is 1. The summed E-state index contributed by atoms with van der Waals surface area (Å²) in [7, 11) is 3.33. The van der Waals surface area contributed by atoms with Crippen LogP contribution in [0.5, 0.6) is 11.5 Å². The number of ether oxygens (including phenoxy) is 2. The van der Waals surface area contributed by atoms with E-state index in [1.165, 1.54) is 5.69 Å². The van der Waals surface area contributed by atoms with Gasteiger partial charge in [0.05, 0.1) is 14.2 Å². The number of hydrogen-bond donors (Lipinski definition) is 1. The second-order valence-electron chi connectivity index (χ2n) is 8.91. The number of nitrogens with zero attached hydrogens (tertiary/aromatic N) is 4. The molecule has 1 fully saturated rings. The van der Waals surface area contributed by atoms with Gasteiger partial charge in [-0.15, -0.1) is 10.2 Å². The fourth-order valence-electron chi connectivity index (χ4n) is 4.76. The maximum atomic E-state index is 13.1. The average molecular weight is 498 g/mol. The number of rotatable bonds is 8. The van der Waals surface area contributed by atoms with Crippen LogP contribution in [0, 0.1) is 0 Å². The van der Waals surface area contributed by atoms with E-state index in [1.54, 1.807) is 14.2 Å². The van der Waals surface area contributed by atoms with Crippen LogP contribution in [0.1, 0.15) is 16.1 Å². The van der Waals surface area contributed by atoms with Gasteiger partial charge in [0, 0.05) is 49.2 Å². The van der Waals surface area contributed by atoms with Crippen LogP contribution in [0.2, 0.25) is 0 Å². The molecule has 1 amide bonds. The van der Waals surface area contributed by atoms with Gasteiger partial charge in [0.25, 0.3) is 5.91 Å². The summed E-state index contributed by atoms with van der Waals surface area (Å²) in [6.45, 7) is 3.84. The van der Waals surface area contributed by atoms with Crippen molar-refractivity contribution in [3.63, 3.8) is 0 Å². The molecule has 8 nitrogen and oxygen atoms in total. The van der Waals surface area contributed by atoms with Crippen LogP contribution < -0.4 is 24.6 Å². The molecule has 1 aromatic heterocycles. The van der Waals surface area contributed by atoms with E-state index in [-0.39, 0.29) is 5.91 Å². The third-order valence-electron chi connectivity index (χ3n) is 6.77. The zero-order chi connectivity index (χ0) is 25.6. The topological polar surface area (TPSA) is 79.8 Å². The molecule has 190 valence electrons. The number of para-hydroxylation sites is 1. The van der Waals surface area contributed by atoms with Crippen LogP contribution in [0.15, 0.2) is 72.8 Å². The number of fused-ring (bicyclic) bond motifs is 1. The molecule has 0 radical (unpaired) electrons. The number of piperazine rings is 1. The van der Waals surface area contributed by atoms with Crippen molar-refractivity contribution in [2.24, 2.45) is 0 Å². The van der Waals surface area contributed by atoms with Crippen molar-refractivity contribution in [3.05, 3.63) is 84.1 Å². The molecule has 0 atom stereocenters. The van der Waals surface area contributed by atoms with Crippen LogP contribution >= 0.6 is 0 Å². The molecule has 0 unspecified atom stereocenters. The number of hydrogen-bond acceptors (Lipinski definition) is 7. The lowest BCUT2D eigenvalue weighted by atomic mass is 10.1. The maximum Gasteiger partial charge on any atom is 0.272 e. The lowest BCUT2D eigenvalue weighted by Crippen LogP contribution is -2.47. The van der Waals surface area contributed by atoms with E-state index in [2.05, 4.69) is 37.4 Å². The Morgan fingerprint density at radius 3 is 2.22 bits per heavy atom. The minimum absolute atomic E-state index is 0.227. The predicted octanol–water partition coefficient (Wildman–Crippen LogP) is 3.95. The predicted molar refractivity (Wildman–Crippen MR) is 146 cm³/mol. The summed E-state index contributed by atoms with van der Waals surface area (Å²) in [5.74, 6) is 2.26. The number of carbonyl (C=O) groups excluding carboxylic acids is 1. The minimum atomic E-state index is -0.227. The van der Waals surface area contributed by atoms with Crippen LogP contribution in [0.3, 0.4) is 0 Å². The summed E-state index contributed by atoms with van der Waals surface area (Å²) >= 11 is 0. The maximum absolute atomic E-state index is 13.1. The molecule has 0 bridgehead atoms. The molecular formula is C29H31N5O3. The van der Waals surface area contributed by atoms with Gasteiger partial charge in [0.2, 0.25) is 0 Å². The Bertz CT molecular complexity index is 1370. The molecule has 1 saturated heterocycles. The lowest BCUT2D eigenvalue weighted by Gasteiger charge is -2.37. The lowest BCUT2D eigenvalue weighted by molar-refractivity contribution is 0.0950. The summed E-state index contributed by atoms with van der Waals surface area (Å²) in [6, 6.07) is 23.8. The van der Waals surface area contributed by atoms with Crippen LogP contribution in [-0.4, -0.2) is 63.0 Å². The summed E-state index contributed by atoms with van der Waals surface area (Å²) in [6.07, 6.45) is 0.664. The SMILES string of the molecule is COc1ccc(N2CCN(c3nnc(C(=O)NCCc4ccccc4OC)c4ccccc34)CC2)cc1. The first-order valence-electron chi connectivity index (χ1n) is 12.5. The molecule has 37 heavy (non-hydrogen) atoms. The highest BCUT2D eigenvalue weighted by atomic mass is 16.5. The molecule has 1 N–H and O–H groups in total. The first-order valence-corrected chi connectivity index (χ1v) is 12.5. The van der Waals surface area contributed by atoms with Gasteiger partial charge in [-0.1, -0.05) is 42.5 Å². The van der Waals surface area contributed by atoms with Crippen LogP contribution in [0.4, 0.5) is 11.5 Å². The van der Waals surface area contributed by atoms with Gasteiger partial charge >= 0.3 is 0 Å². The highest BCUT2D eigenvalue weighted by Crippen LogP contribution is 2.28. The van der Waals surface area contributed by atoms with Crippen LogP contribution in [0.25, 0.3) is 10.8 Å². The first-order chi connectivity index (χ1) is 18.2. The van der Waals surface area contributed by atoms with Crippen molar-refractivity contribution in [2.75, 3.05) is 56.7 Å². The smallest absolute Gasteiger partial charge is 0.272 e. The third kappa shape index (κ3) is 5.28. The summed E-state index contributed by atoms with van der Waals surface area (Å²) in [4.78, 5) is 17.7. The normalized spacial score (nSPS) is 13.5. The second-order valence-corrected chi connectivity index (χ2v) is 8.91. The summed E-state index contributed by atoms with van der Waals surface area (Å²) in [5.41, 5.74) is 2.57. The van der Waals surface area contributed by atoms with E-state index >= 15 is 0 Å².